The number of hydrogen-bond donors (Lipinski definition) is 1. The van der Waals surface area contributed by atoms with E-state index in [1.807, 2.05) is 51.1 Å². The normalized spacial score (nSPS) is 18.0. The lowest BCUT2D eigenvalue weighted by Crippen LogP contribution is -2.44. The Balaban J connectivity index is 2.04. The average molecular weight is 432 g/mol. The van der Waals surface area contributed by atoms with E-state index in [1.165, 1.54) is 0 Å². The number of rotatable bonds is 7. The third-order valence-electron chi connectivity index (χ3n) is 6.22. The molecule has 0 aromatic heterocycles. The molecule has 2 aromatic rings. The van der Waals surface area contributed by atoms with Gasteiger partial charge in [-0.15, -0.1) is 0 Å². The van der Waals surface area contributed by atoms with Gasteiger partial charge in [-0.25, -0.2) is 13.1 Å². The molecule has 6 heteroatoms. The molecule has 30 heavy (non-hydrogen) atoms. The third-order valence-corrected chi connectivity index (χ3v) is 7.84. The Kier molecular flexibility index (Phi) is 6.48. The minimum Gasteiger partial charge on any atom is -0.496 e. The van der Waals surface area contributed by atoms with Crippen LogP contribution in [-0.4, -0.2) is 21.1 Å². The van der Waals surface area contributed by atoms with Crippen molar-refractivity contribution in [1.82, 2.24) is 4.72 Å². The van der Waals surface area contributed by atoms with Gasteiger partial charge in [-0.3, -0.25) is 0 Å². The van der Waals surface area contributed by atoms with Crippen LogP contribution in [0.2, 0.25) is 0 Å². The summed E-state index contributed by atoms with van der Waals surface area (Å²) in [6, 6.07) is 10.9. The van der Waals surface area contributed by atoms with Gasteiger partial charge in [-0.05, 0) is 55.0 Å². The van der Waals surface area contributed by atoms with Crippen LogP contribution < -0.4 is 14.2 Å². The Bertz CT molecular complexity index is 1010. The highest BCUT2D eigenvalue weighted by molar-refractivity contribution is 7.89. The van der Waals surface area contributed by atoms with Crippen molar-refractivity contribution >= 4 is 10.0 Å². The molecule has 0 amide bonds. The smallest absolute Gasteiger partial charge is 0.241 e. The Morgan fingerprint density at radius 2 is 1.87 bits per heavy atom. The zero-order chi connectivity index (χ0) is 22.1. The number of fused-ring (bicyclic) bond motifs is 1. The molecule has 0 spiro atoms. The molecular weight excluding hydrogens is 398 g/mol. The van der Waals surface area contributed by atoms with Gasteiger partial charge in [0.2, 0.25) is 10.0 Å². The van der Waals surface area contributed by atoms with Crippen LogP contribution in [-0.2, 0) is 10.0 Å². The Morgan fingerprint density at radius 3 is 2.47 bits per heavy atom. The van der Waals surface area contributed by atoms with Gasteiger partial charge >= 0.3 is 0 Å². The highest BCUT2D eigenvalue weighted by atomic mass is 32.2. The molecule has 0 aliphatic carbocycles. The van der Waals surface area contributed by atoms with Gasteiger partial charge in [0.05, 0.1) is 18.0 Å². The van der Waals surface area contributed by atoms with Crippen molar-refractivity contribution in [2.45, 2.75) is 76.3 Å². The number of hydrogen-bond acceptors (Lipinski definition) is 4. The van der Waals surface area contributed by atoms with Crippen molar-refractivity contribution in [2.75, 3.05) is 7.11 Å². The van der Waals surface area contributed by atoms with E-state index in [2.05, 4.69) is 18.6 Å². The first-order valence-electron chi connectivity index (χ1n) is 10.6. The molecule has 164 valence electrons. The van der Waals surface area contributed by atoms with E-state index in [-0.39, 0.29) is 17.6 Å². The lowest BCUT2D eigenvalue weighted by molar-refractivity contribution is 0.0260. The molecule has 1 aliphatic rings. The minimum absolute atomic E-state index is 0.145. The summed E-state index contributed by atoms with van der Waals surface area (Å²) in [5.74, 6) is 1.62. The second-order valence-electron chi connectivity index (χ2n) is 8.42. The number of aryl methyl sites for hydroxylation is 1. The highest BCUT2D eigenvalue weighted by Crippen LogP contribution is 2.43. The number of nitrogens with one attached hydrogen (secondary N) is 1. The van der Waals surface area contributed by atoms with E-state index in [0.717, 1.165) is 29.7 Å². The lowest BCUT2D eigenvalue weighted by atomic mass is 9.84. The molecule has 2 aromatic carbocycles. The SMILES string of the molecule is CCC1(CC)C[C@H](NS(=O)(=O)c2cc(C(C)C)c(OC)cc2C)c2ccccc2O1. The molecule has 0 saturated heterocycles. The van der Waals surface area contributed by atoms with Crippen molar-refractivity contribution < 1.29 is 17.9 Å². The molecule has 0 saturated carbocycles. The molecular formula is C24H33NO4S. The average Bonchev–Trinajstić information content (AvgIpc) is 2.72. The molecule has 3 rings (SSSR count). The first-order valence-corrected chi connectivity index (χ1v) is 12.1. The lowest BCUT2D eigenvalue weighted by Gasteiger charge is -2.41. The zero-order valence-electron chi connectivity index (χ0n) is 18.8. The maximum atomic E-state index is 13.5. The second kappa shape index (κ2) is 8.60. The van der Waals surface area contributed by atoms with E-state index in [1.54, 1.807) is 13.2 Å². The Labute approximate surface area is 180 Å². The van der Waals surface area contributed by atoms with Crippen molar-refractivity contribution in [2.24, 2.45) is 0 Å². The van der Waals surface area contributed by atoms with Crippen LogP contribution in [0.4, 0.5) is 0 Å². The first kappa shape index (κ1) is 22.6. The standard InChI is InChI=1S/C24H33NO4S/c1-7-24(8-2)15-20(18-11-9-10-12-21(18)29-24)25-30(26,27)23-14-19(16(3)4)22(28-6)13-17(23)5/h9-14,16,20,25H,7-8,15H2,1-6H3/t20-/m0/s1. The van der Waals surface area contributed by atoms with Crippen LogP contribution in [0.25, 0.3) is 0 Å². The van der Waals surface area contributed by atoms with Crippen molar-refractivity contribution in [3.05, 3.63) is 53.1 Å². The number of para-hydroxylation sites is 1. The fourth-order valence-electron chi connectivity index (χ4n) is 4.25. The van der Waals surface area contributed by atoms with Gasteiger partial charge in [0, 0.05) is 12.0 Å². The van der Waals surface area contributed by atoms with Crippen LogP contribution in [0.3, 0.4) is 0 Å². The summed E-state index contributed by atoms with van der Waals surface area (Å²) in [6.07, 6.45) is 2.23. The molecule has 0 bridgehead atoms. The van der Waals surface area contributed by atoms with Crippen LogP contribution in [0.5, 0.6) is 11.5 Å². The van der Waals surface area contributed by atoms with Gasteiger partial charge in [-0.1, -0.05) is 45.9 Å². The van der Waals surface area contributed by atoms with E-state index >= 15 is 0 Å². The molecule has 0 unspecified atom stereocenters. The molecule has 1 aliphatic heterocycles. The van der Waals surface area contributed by atoms with Gasteiger partial charge < -0.3 is 9.47 Å². The number of ether oxygens (including phenoxy) is 2. The monoisotopic (exact) mass is 431 g/mol. The van der Waals surface area contributed by atoms with Crippen molar-refractivity contribution in [3.8, 4) is 11.5 Å². The number of sulfonamides is 1. The van der Waals surface area contributed by atoms with Gasteiger partial charge in [0.1, 0.15) is 17.1 Å². The maximum absolute atomic E-state index is 13.5. The molecule has 1 atom stereocenters. The number of methoxy groups -OCH3 is 1. The predicted molar refractivity (Wildman–Crippen MR) is 120 cm³/mol. The molecule has 0 fully saturated rings. The largest absolute Gasteiger partial charge is 0.496 e. The van der Waals surface area contributed by atoms with E-state index in [4.69, 9.17) is 9.47 Å². The number of benzene rings is 2. The summed E-state index contributed by atoms with van der Waals surface area (Å²) in [6.45, 7) is 10.0. The molecule has 0 radical (unpaired) electrons. The summed E-state index contributed by atoms with van der Waals surface area (Å²) >= 11 is 0. The minimum atomic E-state index is -3.74. The Morgan fingerprint density at radius 1 is 1.20 bits per heavy atom. The van der Waals surface area contributed by atoms with E-state index < -0.39 is 10.0 Å². The summed E-state index contributed by atoms with van der Waals surface area (Å²) in [4.78, 5) is 0.301. The van der Waals surface area contributed by atoms with Crippen LogP contribution in [0.15, 0.2) is 41.3 Å². The van der Waals surface area contributed by atoms with Crippen LogP contribution >= 0.6 is 0 Å². The van der Waals surface area contributed by atoms with Crippen molar-refractivity contribution in [3.63, 3.8) is 0 Å². The Hall–Kier alpha value is -2.05. The summed E-state index contributed by atoms with van der Waals surface area (Å²) < 4.78 is 41.8. The van der Waals surface area contributed by atoms with Crippen molar-refractivity contribution in [1.29, 1.82) is 0 Å². The van der Waals surface area contributed by atoms with Gasteiger partial charge in [0.15, 0.2) is 0 Å². The van der Waals surface area contributed by atoms with E-state index in [0.29, 0.717) is 22.6 Å². The third kappa shape index (κ3) is 4.21. The second-order valence-corrected chi connectivity index (χ2v) is 10.1. The van der Waals surface area contributed by atoms with Gasteiger partial charge in [0.25, 0.3) is 0 Å². The van der Waals surface area contributed by atoms with Gasteiger partial charge in [-0.2, -0.15) is 0 Å². The molecule has 1 N–H and O–H groups in total. The predicted octanol–water partition coefficient (Wildman–Crippen LogP) is 5.49. The van der Waals surface area contributed by atoms with E-state index in [9.17, 15) is 8.42 Å². The topological polar surface area (TPSA) is 64.6 Å². The molecule has 1 heterocycles. The summed E-state index contributed by atoms with van der Waals surface area (Å²) in [5.41, 5.74) is 2.06. The summed E-state index contributed by atoms with van der Waals surface area (Å²) in [7, 11) is -2.13. The fourth-order valence-corrected chi connectivity index (χ4v) is 5.73. The van der Waals surface area contributed by atoms with Crippen LogP contribution in [0.1, 0.15) is 75.6 Å². The fraction of sp³-hybridized carbons (Fsp3) is 0.500. The zero-order valence-corrected chi connectivity index (χ0v) is 19.6. The first-order chi connectivity index (χ1) is 14.2. The summed E-state index contributed by atoms with van der Waals surface area (Å²) in [5, 5.41) is 0. The quantitative estimate of drug-likeness (QED) is 0.630. The highest BCUT2D eigenvalue weighted by Gasteiger charge is 2.40. The maximum Gasteiger partial charge on any atom is 0.241 e. The molecule has 5 nitrogen and oxygen atoms in total. The van der Waals surface area contributed by atoms with Crippen LogP contribution in [0, 0.1) is 6.92 Å².